The highest BCUT2D eigenvalue weighted by molar-refractivity contribution is 5.89. The lowest BCUT2D eigenvalue weighted by molar-refractivity contribution is 0.122. The van der Waals surface area contributed by atoms with Crippen LogP contribution in [-0.2, 0) is 11.2 Å². The Bertz CT molecular complexity index is 1070. The molecule has 0 saturated carbocycles. The van der Waals surface area contributed by atoms with E-state index in [1.165, 1.54) is 0 Å². The first kappa shape index (κ1) is 21.4. The molecule has 10 heteroatoms. The normalized spacial score (nSPS) is 14.6. The number of methoxy groups -OCH3 is 1. The molecule has 0 aliphatic carbocycles. The van der Waals surface area contributed by atoms with Crippen molar-refractivity contribution in [2.24, 2.45) is 0 Å². The molecule has 4 rings (SSSR count). The maximum absolute atomic E-state index is 12.7. The molecular weight excluding hydrogens is 414 g/mol. The van der Waals surface area contributed by atoms with Gasteiger partial charge in [-0.1, -0.05) is 17.3 Å². The van der Waals surface area contributed by atoms with Crippen LogP contribution in [0.2, 0.25) is 0 Å². The van der Waals surface area contributed by atoms with Gasteiger partial charge in [-0.05, 0) is 42.0 Å². The maximum Gasteiger partial charge on any atom is 0.438 e. The van der Waals surface area contributed by atoms with Gasteiger partial charge in [-0.2, -0.15) is 0 Å². The molecule has 2 amide bonds. The Hall–Kier alpha value is -3.79. The Balaban J connectivity index is 1.41. The number of hydrogen-bond donors (Lipinski definition) is 3. The Labute approximate surface area is 184 Å². The van der Waals surface area contributed by atoms with Crippen LogP contribution in [0.25, 0.3) is 0 Å². The van der Waals surface area contributed by atoms with E-state index < -0.39 is 17.8 Å². The van der Waals surface area contributed by atoms with Crippen LogP contribution in [0.3, 0.4) is 0 Å². The maximum atomic E-state index is 12.7. The number of benzene rings is 2. The summed E-state index contributed by atoms with van der Waals surface area (Å²) in [5, 5.41) is 9.41. The lowest BCUT2D eigenvalue weighted by atomic mass is 10.1. The van der Waals surface area contributed by atoms with Crippen LogP contribution in [-0.4, -0.2) is 49.6 Å². The molecule has 1 fully saturated rings. The summed E-state index contributed by atoms with van der Waals surface area (Å²) in [6.45, 7) is 3.11. The lowest BCUT2D eigenvalue weighted by Crippen LogP contribution is -2.36. The van der Waals surface area contributed by atoms with E-state index in [1.807, 2.05) is 48.5 Å². The molecular formula is C22H25N5O5. The van der Waals surface area contributed by atoms with E-state index in [9.17, 15) is 9.59 Å². The molecule has 10 nitrogen and oxygen atoms in total. The Morgan fingerprint density at radius 3 is 2.50 bits per heavy atom. The van der Waals surface area contributed by atoms with Crippen molar-refractivity contribution >= 4 is 17.4 Å². The number of rotatable bonds is 7. The van der Waals surface area contributed by atoms with Gasteiger partial charge in [0.1, 0.15) is 5.75 Å². The number of nitrogens with one attached hydrogen (secondary N) is 3. The largest absolute Gasteiger partial charge is 0.497 e. The minimum atomic E-state index is -0.680. The van der Waals surface area contributed by atoms with Gasteiger partial charge in [0.05, 0.1) is 26.4 Å². The van der Waals surface area contributed by atoms with Gasteiger partial charge >= 0.3 is 11.8 Å². The number of H-pyrrole nitrogens is 1. The second-order valence-corrected chi connectivity index (χ2v) is 7.33. The predicted octanol–water partition coefficient (Wildman–Crippen LogP) is 2.31. The van der Waals surface area contributed by atoms with Gasteiger partial charge in [0.15, 0.2) is 5.82 Å². The third-order valence-corrected chi connectivity index (χ3v) is 5.19. The average molecular weight is 439 g/mol. The average Bonchev–Trinajstić information content (AvgIpc) is 3.26. The summed E-state index contributed by atoms with van der Waals surface area (Å²) in [6.07, 6.45) is 0.399. The first-order chi connectivity index (χ1) is 15.6. The number of morpholine rings is 1. The van der Waals surface area contributed by atoms with Crippen molar-refractivity contribution in [3.63, 3.8) is 0 Å². The molecule has 3 N–H and O–H groups in total. The van der Waals surface area contributed by atoms with E-state index in [0.29, 0.717) is 25.3 Å². The Kier molecular flexibility index (Phi) is 6.71. The SMILES string of the molecule is COc1ccc(CC(NC(=O)Nc2ccc(N3CCOCC3)cc2)c2noc(=O)[nH]2)cc1. The minimum Gasteiger partial charge on any atom is -0.497 e. The van der Waals surface area contributed by atoms with Gasteiger partial charge in [-0.3, -0.25) is 9.51 Å². The lowest BCUT2D eigenvalue weighted by Gasteiger charge is -2.28. The van der Waals surface area contributed by atoms with Crippen molar-refractivity contribution in [3.05, 3.63) is 70.5 Å². The summed E-state index contributed by atoms with van der Waals surface area (Å²) in [5.74, 6) is 0.288. The molecule has 32 heavy (non-hydrogen) atoms. The predicted molar refractivity (Wildman–Crippen MR) is 118 cm³/mol. The van der Waals surface area contributed by atoms with E-state index in [4.69, 9.17) is 9.47 Å². The first-order valence-electron chi connectivity index (χ1n) is 10.3. The van der Waals surface area contributed by atoms with Crippen molar-refractivity contribution in [1.29, 1.82) is 0 Å². The van der Waals surface area contributed by atoms with Gasteiger partial charge < -0.3 is 25.0 Å². The highest BCUT2D eigenvalue weighted by Crippen LogP contribution is 2.20. The minimum absolute atomic E-state index is 0.239. The molecule has 0 bridgehead atoms. The molecule has 3 aromatic rings. The van der Waals surface area contributed by atoms with E-state index in [0.717, 1.165) is 30.1 Å². The molecule has 1 aliphatic heterocycles. The number of carbonyl (C=O) groups is 1. The summed E-state index contributed by atoms with van der Waals surface area (Å²) in [5.41, 5.74) is 2.66. The number of aromatic amines is 1. The number of anilines is 2. The number of hydrogen-bond acceptors (Lipinski definition) is 7. The third-order valence-electron chi connectivity index (χ3n) is 5.19. The van der Waals surface area contributed by atoms with Crippen LogP contribution in [0, 0.1) is 0 Å². The molecule has 1 aliphatic rings. The van der Waals surface area contributed by atoms with Gasteiger partial charge in [-0.15, -0.1) is 0 Å². The zero-order valence-corrected chi connectivity index (χ0v) is 17.7. The summed E-state index contributed by atoms with van der Waals surface area (Å²) in [6, 6.07) is 14.0. The van der Waals surface area contributed by atoms with E-state index in [2.05, 4.69) is 30.2 Å². The zero-order chi connectivity index (χ0) is 22.3. The van der Waals surface area contributed by atoms with Crippen LogP contribution in [0.5, 0.6) is 5.75 Å². The topological polar surface area (TPSA) is 122 Å². The molecule has 0 spiro atoms. The van der Waals surface area contributed by atoms with Crippen LogP contribution in [0.4, 0.5) is 16.2 Å². The highest BCUT2D eigenvalue weighted by Gasteiger charge is 2.20. The van der Waals surface area contributed by atoms with Crippen LogP contribution >= 0.6 is 0 Å². The van der Waals surface area contributed by atoms with Crippen LogP contribution in [0.15, 0.2) is 57.8 Å². The Morgan fingerprint density at radius 2 is 1.88 bits per heavy atom. The molecule has 168 valence electrons. The number of carbonyl (C=O) groups excluding carboxylic acids is 1. The number of aromatic nitrogens is 2. The van der Waals surface area contributed by atoms with Crippen molar-refractivity contribution in [3.8, 4) is 5.75 Å². The second-order valence-electron chi connectivity index (χ2n) is 7.33. The van der Waals surface area contributed by atoms with E-state index in [1.54, 1.807) is 7.11 Å². The van der Waals surface area contributed by atoms with Crippen molar-refractivity contribution in [2.75, 3.05) is 43.6 Å². The fraction of sp³-hybridized carbons (Fsp3) is 0.318. The van der Waals surface area contributed by atoms with E-state index in [-0.39, 0.29) is 5.82 Å². The van der Waals surface area contributed by atoms with Crippen LogP contribution < -0.4 is 26.0 Å². The summed E-state index contributed by atoms with van der Waals surface area (Å²) in [4.78, 5) is 28.8. The smallest absolute Gasteiger partial charge is 0.438 e. The number of urea groups is 1. The van der Waals surface area contributed by atoms with Crippen LogP contribution in [0.1, 0.15) is 17.4 Å². The van der Waals surface area contributed by atoms with Crippen molar-refractivity contribution < 1.29 is 18.8 Å². The quantitative estimate of drug-likeness (QED) is 0.516. The molecule has 2 heterocycles. The Morgan fingerprint density at radius 1 is 1.16 bits per heavy atom. The first-order valence-corrected chi connectivity index (χ1v) is 10.3. The van der Waals surface area contributed by atoms with Crippen molar-refractivity contribution in [1.82, 2.24) is 15.5 Å². The summed E-state index contributed by atoms with van der Waals surface area (Å²) < 4.78 is 15.2. The van der Waals surface area contributed by atoms with Gasteiger partial charge in [0.2, 0.25) is 0 Å². The molecule has 1 unspecified atom stereocenters. The number of nitrogens with zero attached hydrogens (tertiary/aromatic N) is 2. The fourth-order valence-corrected chi connectivity index (χ4v) is 3.51. The van der Waals surface area contributed by atoms with Crippen molar-refractivity contribution in [2.45, 2.75) is 12.5 Å². The van der Waals surface area contributed by atoms with Gasteiger partial charge in [0, 0.05) is 30.9 Å². The monoisotopic (exact) mass is 439 g/mol. The number of amides is 2. The van der Waals surface area contributed by atoms with E-state index >= 15 is 0 Å². The standard InChI is InChI=1S/C22H25N5O5/c1-30-18-8-2-15(3-9-18)14-19(20-25-22(29)32-26-20)24-21(28)23-16-4-6-17(7-5-16)27-10-12-31-13-11-27/h2-9,19H,10-14H2,1H3,(H2,23,24,28)(H,25,26,29). The summed E-state index contributed by atoms with van der Waals surface area (Å²) >= 11 is 0. The van der Waals surface area contributed by atoms with Gasteiger partial charge in [-0.25, -0.2) is 9.59 Å². The molecule has 2 aromatic carbocycles. The number of ether oxygens (including phenoxy) is 2. The second kappa shape index (κ2) is 10.0. The highest BCUT2D eigenvalue weighted by atomic mass is 16.5. The zero-order valence-electron chi connectivity index (χ0n) is 17.7. The third kappa shape index (κ3) is 5.46. The summed E-state index contributed by atoms with van der Waals surface area (Å²) in [7, 11) is 1.59. The molecule has 1 aromatic heterocycles. The molecule has 1 atom stereocenters. The fourth-order valence-electron chi connectivity index (χ4n) is 3.51. The molecule has 1 saturated heterocycles. The molecule has 0 radical (unpaired) electrons. The van der Waals surface area contributed by atoms with Gasteiger partial charge in [0.25, 0.3) is 0 Å².